The van der Waals surface area contributed by atoms with Gasteiger partial charge in [0.25, 0.3) is 0 Å². The Balaban J connectivity index is 1.34. The molecular formula is C23H24FN5O4. The Kier molecular flexibility index (Phi) is 4.65. The number of carbonyl (C=O) groups excluding carboxylic acids is 1. The van der Waals surface area contributed by atoms with Gasteiger partial charge in [0.2, 0.25) is 0 Å². The van der Waals surface area contributed by atoms with Gasteiger partial charge in [-0.15, -0.1) is 0 Å². The van der Waals surface area contributed by atoms with Gasteiger partial charge in [0.05, 0.1) is 18.0 Å². The number of nitrogens with one attached hydrogen (secondary N) is 1. The third kappa shape index (κ3) is 3.45. The summed E-state index contributed by atoms with van der Waals surface area (Å²) in [7, 11) is 0. The lowest BCUT2D eigenvalue weighted by Gasteiger charge is -2.43. The van der Waals surface area contributed by atoms with E-state index < -0.39 is 5.60 Å². The van der Waals surface area contributed by atoms with Crippen molar-refractivity contribution in [3.05, 3.63) is 36.5 Å². The van der Waals surface area contributed by atoms with Crippen molar-refractivity contribution in [2.45, 2.75) is 43.4 Å². The fraction of sp³-hybridized carbons (Fsp3) is 0.435. The van der Waals surface area contributed by atoms with Crippen molar-refractivity contribution in [3.63, 3.8) is 0 Å². The van der Waals surface area contributed by atoms with E-state index in [0.29, 0.717) is 53.9 Å². The van der Waals surface area contributed by atoms with E-state index in [4.69, 9.17) is 19.9 Å². The first-order valence-corrected chi connectivity index (χ1v) is 11.1. The number of nitrogen functional groups attached to an aromatic ring is 1. The zero-order valence-electron chi connectivity index (χ0n) is 17.9. The molecule has 0 radical (unpaired) electrons. The van der Waals surface area contributed by atoms with Crippen molar-refractivity contribution in [1.82, 2.24) is 19.9 Å². The molecule has 1 amide bonds. The van der Waals surface area contributed by atoms with E-state index in [1.54, 1.807) is 12.1 Å². The number of nitrogens with zero attached hydrogens (tertiary/aromatic N) is 3. The van der Waals surface area contributed by atoms with Crippen LogP contribution in [0.5, 0.6) is 5.75 Å². The zero-order chi connectivity index (χ0) is 22.6. The topological polar surface area (TPSA) is 114 Å². The Hall–Kier alpha value is -3.40. The number of alkyl carbamates (subject to hydrolysis) is 1. The Labute approximate surface area is 189 Å². The number of carbonyl (C=O) groups is 1. The highest BCUT2D eigenvalue weighted by atomic mass is 19.1. The summed E-state index contributed by atoms with van der Waals surface area (Å²) in [4.78, 5) is 20.1. The smallest absolute Gasteiger partial charge is 0.407 e. The molecule has 3 fully saturated rings. The molecule has 1 spiro atoms. The Bertz CT molecular complexity index is 1230. The van der Waals surface area contributed by atoms with E-state index >= 15 is 4.39 Å². The molecule has 1 saturated carbocycles. The van der Waals surface area contributed by atoms with Crippen molar-refractivity contribution in [2.24, 2.45) is 0 Å². The summed E-state index contributed by atoms with van der Waals surface area (Å²) in [5.41, 5.74) is 7.32. The predicted octanol–water partition coefficient (Wildman–Crippen LogP) is 3.19. The highest BCUT2D eigenvalue weighted by Gasteiger charge is 2.52. The van der Waals surface area contributed by atoms with E-state index in [9.17, 15) is 4.79 Å². The van der Waals surface area contributed by atoms with Crippen LogP contribution in [0.3, 0.4) is 0 Å². The summed E-state index contributed by atoms with van der Waals surface area (Å²) in [6.07, 6.45) is 6.22. The molecule has 1 atom stereocenters. The number of nitrogens with two attached hydrogens (primary N) is 1. The second kappa shape index (κ2) is 7.58. The second-order valence-corrected chi connectivity index (χ2v) is 8.98. The number of anilines is 1. The number of benzene rings is 1. The maximum Gasteiger partial charge on any atom is 0.407 e. The molecule has 9 nitrogen and oxygen atoms in total. The second-order valence-electron chi connectivity index (χ2n) is 8.98. The Morgan fingerprint density at radius 1 is 1.30 bits per heavy atom. The number of halogens is 1. The third-order valence-corrected chi connectivity index (χ3v) is 6.80. The normalized spacial score (nSPS) is 26.4. The van der Waals surface area contributed by atoms with Gasteiger partial charge in [-0.3, -0.25) is 0 Å². The molecule has 1 aromatic carbocycles. The van der Waals surface area contributed by atoms with E-state index in [1.165, 1.54) is 12.4 Å². The quantitative estimate of drug-likeness (QED) is 0.610. The van der Waals surface area contributed by atoms with E-state index in [0.717, 1.165) is 19.4 Å². The van der Waals surface area contributed by atoms with Gasteiger partial charge in [0.15, 0.2) is 0 Å². The predicted molar refractivity (Wildman–Crippen MR) is 117 cm³/mol. The third-order valence-electron chi connectivity index (χ3n) is 6.80. The molecule has 6 rings (SSSR count). The zero-order valence-corrected chi connectivity index (χ0v) is 17.9. The highest BCUT2D eigenvalue weighted by molar-refractivity contribution is 6.01. The fourth-order valence-corrected chi connectivity index (χ4v) is 5.08. The molecule has 10 heteroatoms. The van der Waals surface area contributed by atoms with Crippen LogP contribution in [0.25, 0.3) is 22.2 Å². The number of hydrogen-bond donors (Lipinski definition) is 2. The maximum atomic E-state index is 15.0. The van der Waals surface area contributed by atoms with E-state index in [2.05, 4.69) is 15.3 Å². The summed E-state index contributed by atoms with van der Waals surface area (Å²) in [5, 5.41) is 3.31. The Morgan fingerprint density at radius 3 is 2.94 bits per heavy atom. The molecule has 1 aliphatic carbocycles. The number of fused-ring (bicyclic) bond motifs is 1. The van der Waals surface area contributed by atoms with Crippen molar-refractivity contribution in [1.29, 1.82) is 0 Å². The molecule has 3 aliphatic rings. The number of rotatable bonds is 5. The molecule has 172 valence electrons. The van der Waals surface area contributed by atoms with Crippen LogP contribution in [0.2, 0.25) is 0 Å². The number of aromatic nitrogens is 3. The van der Waals surface area contributed by atoms with Crippen molar-refractivity contribution in [2.75, 3.05) is 25.5 Å². The Morgan fingerprint density at radius 2 is 2.18 bits per heavy atom. The van der Waals surface area contributed by atoms with Crippen molar-refractivity contribution in [3.8, 4) is 16.9 Å². The van der Waals surface area contributed by atoms with Crippen LogP contribution >= 0.6 is 0 Å². The van der Waals surface area contributed by atoms with Gasteiger partial charge in [-0.25, -0.2) is 19.2 Å². The standard InChI is InChI=1S/C23H24FN5O4/c24-18-4-3-14(32-10-15-2-1-5-31-15)6-16(18)17-9-29(21-19(17)20(25)27-12-28-21)13-7-23(8-13)11-26-22(30)33-23/h3-4,6,9,12-13,15H,1-2,5,7-8,10-11H2,(H,26,30)(H2,25,27,28)/t13?,15-,23?/m1/s1. The van der Waals surface area contributed by atoms with Crippen LogP contribution in [0.1, 0.15) is 31.7 Å². The average molecular weight is 453 g/mol. The minimum absolute atomic E-state index is 0.0465. The highest BCUT2D eigenvalue weighted by Crippen LogP contribution is 2.48. The van der Waals surface area contributed by atoms with Crippen LogP contribution in [-0.4, -0.2) is 52.1 Å². The number of amides is 1. The molecule has 4 heterocycles. The van der Waals surface area contributed by atoms with E-state index in [1.807, 2.05) is 10.8 Å². The van der Waals surface area contributed by atoms with Gasteiger partial charge in [-0.05, 0) is 31.0 Å². The van der Waals surface area contributed by atoms with Crippen molar-refractivity contribution >= 4 is 22.9 Å². The first-order chi connectivity index (χ1) is 16.0. The summed E-state index contributed by atoms with van der Waals surface area (Å²) in [6.45, 7) is 1.67. The fourth-order valence-electron chi connectivity index (χ4n) is 5.08. The molecule has 2 aliphatic heterocycles. The van der Waals surface area contributed by atoms with Gasteiger partial charge in [-0.1, -0.05) is 0 Å². The molecule has 0 bridgehead atoms. The van der Waals surface area contributed by atoms with Crippen LogP contribution < -0.4 is 15.8 Å². The van der Waals surface area contributed by atoms with Crippen molar-refractivity contribution < 1.29 is 23.4 Å². The molecule has 33 heavy (non-hydrogen) atoms. The van der Waals surface area contributed by atoms with Crippen LogP contribution in [0.15, 0.2) is 30.7 Å². The van der Waals surface area contributed by atoms with Gasteiger partial charge in [0.1, 0.15) is 41.6 Å². The van der Waals surface area contributed by atoms with Gasteiger partial charge in [0, 0.05) is 42.8 Å². The number of hydrogen-bond acceptors (Lipinski definition) is 7. The van der Waals surface area contributed by atoms with Crippen LogP contribution in [-0.2, 0) is 9.47 Å². The molecule has 3 aromatic rings. The lowest BCUT2D eigenvalue weighted by Crippen LogP contribution is -2.47. The minimum atomic E-state index is -0.488. The van der Waals surface area contributed by atoms with Gasteiger partial charge >= 0.3 is 6.09 Å². The summed E-state index contributed by atoms with van der Waals surface area (Å²) >= 11 is 0. The van der Waals surface area contributed by atoms with Gasteiger partial charge in [-0.2, -0.15) is 0 Å². The first-order valence-electron chi connectivity index (χ1n) is 11.1. The molecular weight excluding hydrogens is 429 g/mol. The summed E-state index contributed by atoms with van der Waals surface area (Å²) in [5.74, 6) is 0.451. The number of ether oxygens (including phenoxy) is 3. The lowest BCUT2D eigenvalue weighted by molar-refractivity contribution is -0.0395. The molecule has 2 saturated heterocycles. The van der Waals surface area contributed by atoms with Crippen LogP contribution in [0.4, 0.5) is 15.0 Å². The monoisotopic (exact) mass is 453 g/mol. The van der Waals surface area contributed by atoms with Crippen LogP contribution in [0, 0.1) is 5.82 Å². The molecule has 0 unspecified atom stereocenters. The maximum absolute atomic E-state index is 15.0. The SMILES string of the molecule is Nc1ncnc2c1c(-c1cc(OC[C@H]3CCCO3)ccc1F)cn2C1CC2(CNC(=O)O2)C1. The lowest BCUT2D eigenvalue weighted by atomic mass is 9.75. The average Bonchev–Trinajstić information content (AvgIpc) is 3.51. The van der Waals surface area contributed by atoms with Gasteiger partial charge < -0.3 is 29.8 Å². The first kappa shape index (κ1) is 20.2. The van der Waals surface area contributed by atoms with E-state index in [-0.39, 0.29) is 29.9 Å². The minimum Gasteiger partial charge on any atom is -0.491 e. The summed E-state index contributed by atoms with van der Waals surface area (Å²) in [6, 6.07) is 4.74. The molecule has 2 aromatic heterocycles. The summed E-state index contributed by atoms with van der Waals surface area (Å²) < 4.78 is 34.0. The largest absolute Gasteiger partial charge is 0.491 e. The molecule has 3 N–H and O–H groups in total.